The number of fused-ring (bicyclic) bond motifs is 1. The molecule has 36 heavy (non-hydrogen) atoms. The van der Waals surface area contributed by atoms with Crippen LogP contribution in [-0.2, 0) is 4.74 Å². The number of rotatable bonds is 3. The van der Waals surface area contributed by atoms with Gasteiger partial charge in [0.05, 0.1) is 10.0 Å². The first-order valence-electron chi connectivity index (χ1n) is 11.2. The second-order valence-corrected chi connectivity index (χ2v) is 11.4. The molecule has 0 bridgehead atoms. The van der Waals surface area contributed by atoms with Gasteiger partial charge in [0, 0.05) is 24.2 Å². The molecule has 1 saturated heterocycles. The van der Waals surface area contributed by atoms with Gasteiger partial charge in [-0.05, 0) is 62.5 Å². The highest BCUT2D eigenvalue weighted by molar-refractivity contribution is 9.10. The maximum absolute atomic E-state index is 12.3. The standard InChI is InChI=1S/C23H25BrCl2N6O4/c1-22(2,3)36-20(33)29-23(4)8-10-31(11-9-23)19-17(24)27-16-15(12-6-5-7-13(25)14(12)26)30-32(21(34)35)18(16)28-19/h5-7H,8-11H2,1-4H3,(H,29,33)(H,34,35). The molecule has 0 unspecified atom stereocenters. The van der Waals surface area contributed by atoms with Gasteiger partial charge in [0.25, 0.3) is 0 Å². The number of carbonyl (C=O) groups excluding carboxylic acids is 1. The second-order valence-electron chi connectivity index (χ2n) is 9.83. The van der Waals surface area contributed by atoms with E-state index < -0.39 is 23.3 Å². The van der Waals surface area contributed by atoms with E-state index in [2.05, 4.69) is 36.3 Å². The van der Waals surface area contributed by atoms with Gasteiger partial charge in [-0.1, -0.05) is 35.3 Å². The topological polar surface area (TPSA) is 122 Å². The first-order valence-corrected chi connectivity index (χ1v) is 12.7. The number of nitrogens with zero attached hydrogens (tertiary/aromatic N) is 5. The predicted molar refractivity (Wildman–Crippen MR) is 141 cm³/mol. The highest BCUT2D eigenvalue weighted by atomic mass is 79.9. The molecule has 1 fully saturated rings. The molecule has 1 aromatic carbocycles. The van der Waals surface area contributed by atoms with Gasteiger partial charge in [0.2, 0.25) is 0 Å². The number of alkyl carbamates (subject to hydrolysis) is 1. The van der Waals surface area contributed by atoms with Gasteiger partial charge >= 0.3 is 12.2 Å². The summed E-state index contributed by atoms with van der Waals surface area (Å²) in [5, 5.41) is 17.5. The van der Waals surface area contributed by atoms with Crippen molar-refractivity contribution in [1.29, 1.82) is 0 Å². The number of aromatic nitrogens is 4. The molecular formula is C23H25BrCl2N6O4. The minimum Gasteiger partial charge on any atom is -0.463 e. The average molecular weight is 600 g/mol. The number of piperidine rings is 1. The molecule has 0 spiro atoms. The van der Waals surface area contributed by atoms with Crippen molar-refractivity contribution in [1.82, 2.24) is 25.1 Å². The molecule has 0 saturated carbocycles. The molecule has 10 nitrogen and oxygen atoms in total. The fraction of sp³-hybridized carbons (Fsp3) is 0.435. The minimum absolute atomic E-state index is 0.0759. The third-order valence-electron chi connectivity index (χ3n) is 5.80. The molecule has 192 valence electrons. The van der Waals surface area contributed by atoms with Gasteiger partial charge < -0.3 is 20.1 Å². The van der Waals surface area contributed by atoms with Crippen molar-refractivity contribution in [3.05, 3.63) is 32.8 Å². The molecule has 4 rings (SSSR count). The highest BCUT2D eigenvalue weighted by Crippen LogP contribution is 2.38. The van der Waals surface area contributed by atoms with Crippen molar-refractivity contribution in [2.45, 2.75) is 51.7 Å². The molecule has 2 aromatic heterocycles. The third-order valence-corrected chi connectivity index (χ3v) is 7.15. The average Bonchev–Trinajstić information content (AvgIpc) is 3.12. The maximum Gasteiger partial charge on any atom is 0.434 e. The summed E-state index contributed by atoms with van der Waals surface area (Å²) in [5.41, 5.74) is 0.00978. The molecule has 1 aliphatic rings. The van der Waals surface area contributed by atoms with Crippen LogP contribution >= 0.6 is 39.1 Å². The first-order chi connectivity index (χ1) is 16.8. The number of hydrogen-bond acceptors (Lipinski definition) is 7. The summed E-state index contributed by atoms with van der Waals surface area (Å²) in [7, 11) is 0. The lowest BCUT2D eigenvalue weighted by atomic mass is 9.90. The lowest BCUT2D eigenvalue weighted by Gasteiger charge is -2.40. The van der Waals surface area contributed by atoms with E-state index in [-0.39, 0.29) is 21.9 Å². The van der Waals surface area contributed by atoms with Crippen molar-refractivity contribution in [3.8, 4) is 11.3 Å². The normalized spacial score (nSPS) is 15.7. The number of anilines is 1. The molecule has 3 heterocycles. The zero-order valence-electron chi connectivity index (χ0n) is 20.1. The van der Waals surface area contributed by atoms with Crippen molar-refractivity contribution in [3.63, 3.8) is 0 Å². The van der Waals surface area contributed by atoms with Gasteiger partial charge in [-0.2, -0.15) is 5.10 Å². The van der Waals surface area contributed by atoms with Crippen molar-refractivity contribution in [2.24, 2.45) is 0 Å². The molecule has 0 aliphatic carbocycles. The zero-order valence-corrected chi connectivity index (χ0v) is 23.2. The fourth-order valence-corrected chi connectivity index (χ4v) is 4.90. The summed E-state index contributed by atoms with van der Waals surface area (Å²) in [4.78, 5) is 35.5. The van der Waals surface area contributed by atoms with Crippen LogP contribution in [0.25, 0.3) is 22.4 Å². The van der Waals surface area contributed by atoms with Gasteiger partial charge in [-0.25, -0.2) is 19.6 Å². The van der Waals surface area contributed by atoms with Gasteiger partial charge in [-0.3, -0.25) is 0 Å². The van der Waals surface area contributed by atoms with Crippen LogP contribution in [0.4, 0.5) is 15.4 Å². The number of benzene rings is 1. The highest BCUT2D eigenvalue weighted by Gasteiger charge is 2.35. The monoisotopic (exact) mass is 598 g/mol. The molecule has 13 heteroatoms. The van der Waals surface area contributed by atoms with Gasteiger partial charge in [-0.15, -0.1) is 4.68 Å². The summed E-state index contributed by atoms with van der Waals surface area (Å²) < 4.78 is 6.61. The molecule has 0 atom stereocenters. The van der Waals surface area contributed by atoms with E-state index in [4.69, 9.17) is 27.9 Å². The van der Waals surface area contributed by atoms with E-state index in [1.165, 1.54) is 0 Å². The van der Waals surface area contributed by atoms with Crippen molar-refractivity contribution < 1.29 is 19.4 Å². The smallest absolute Gasteiger partial charge is 0.434 e. The SMILES string of the molecule is CC1(NC(=O)OC(C)(C)C)CCN(c2nc3c(nc2Br)c(-c2cccc(Cl)c2Cl)nn3C(=O)O)CC1. The van der Waals surface area contributed by atoms with E-state index in [0.29, 0.717) is 46.9 Å². The summed E-state index contributed by atoms with van der Waals surface area (Å²) in [6, 6.07) is 5.02. The third kappa shape index (κ3) is 5.37. The molecule has 1 amide bonds. The number of amides is 1. The van der Waals surface area contributed by atoms with Gasteiger partial charge in [0.1, 0.15) is 21.4 Å². The summed E-state index contributed by atoms with van der Waals surface area (Å²) >= 11 is 16.0. The lowest BCUT2D eigenvalue weighted by molar-refractivity contribution is 0.0448. The van der Waals surface area contributed by atoms with Crippen LogP contribution in [0.2, 0.25) is 10.0 Å². The molecular weight excluding hydrogens is 575 g/mol. The van der Waals surface area contributed by atoms with E-state index in [9.17, 15) is 14.7 Å². The Morgan fingerprint density at radius 3 is 2.47 bits per heavy atom. The fourth-order valence-electron chi connectivity index (χ4n) is 3.99. The Hall–Kier alpha value is -2.63. The lowest BCUT2D eigenvalue weighted by Crippen LogP contribution is -2.54. The van der Waals surface area contributed by atoms with Crippen LogP contribution in [0.1, 0.15) is 40.5 Å². The second kappa shape index (κ2) is 9.68. The Bertz CT molecular complexity index is 1350. The minimum atomic E-state index is -1.31. The number of halogens is 3. The summed E-state index contributed by atoms with van der Waals surface area (Å²) in [6.45, 7) is 8.53. The Morgan fingerprint density at radius 1 is 1.19 bits per heavy atom. The zero-order chi connectivity index (χ0) is 26.4. The van der Waals surface area contributed by atoms with E-state index in [0.717, 1.165) is 4.68 Å². The Balaban J connectivity index is 1.64. The maximum atomic E-state index is 12.3. The molecule has 3 aromatic rings. The van der Waals surface area contributed by atoms with Crippen molar-refractivity contribution >= 4 is 68.3 Å². The summed E-state index contributed by atoms with van der Waals surface area (Å²) in [5.74, 6) is 0.480. The van der Waals surface area contributed by atoms with Crippen molar-refractivity contribution in [2.75, 3.05) is 18.0 Å². The van der Waals surface area contributed by atoms with E-state index in [1.807, 2.05) is 32.6 Å². The Kier molecular flexibility index (Phi) is 7.11. The van der Waals surface area contributed by atoms with E-state index in [1.54, 1.807) is 18.2 Å². The van der Waals surface area contributed by atoms with Crippen LogP contribution < -0.4 is 10.2 Å². The number of carbonyl (C=O) groups is 2. The van der Waals surface area contributed by atoms with Crippen LogP contribution in [0, 0.1) is 0 Å². The molecule has 1 aliphatic heterocycles. The van der Waals surface area contributed by atoms with E-state index >= 15 is 0 Å². The molecule has 2 N–H and O–H groups in total. The van der Waals surface area contributed by atoms with Crippen LogP contribution in [0.15, 0.2) is 22.8 Å². The largest absolute Gasteiger partial charge is 0.463 e. The first kappa shape index (κ1) is 26.4. The van der Waals surface area contributed by atoms with Gasteiger partial charge in [0.15, 0.2) is 11.5 Å². The Morgan fingerprint density at radius 2 is 1.86 bits per heavy atom. The van der Waals surface area contributed by atoms with Crippen LogP contribution in [-0.4, -0.2) is 61.3 Å². The number of nitrogens with one attached hydrogen (secondary N) is 1. The molecule has 0 radical (unpaired) electrons. The number of carboxylic acid groups (broad SMARTS) is 1. The number of ether oxygens (including phenoxy) is 1. The summed E-state index contributed by atoms with van der Waals surface area (Å²) in [6.07, 6.45) is -0.516. The van der Waals surface area contributed by atoms with Crippen LogP contribution in [0.3, 0.4) is 0 Å². The van der Waals surface area contributed by atoms with Crippen LogP contribution in [0.5, 0.6) is 0 Å². The Labute approximate surface area is 226 Å². The number of hydrogen-bond donors (Lipinski definition) is 2. The quantitative estimate of drug-likeness (QED) is 0.377. The predicted octanol–water partition coefficient (Wildman–Crippen LogP) is 5.97.